The number of methoxy groups -OCH3 is 1. The molecule has 3 N–H and O–H groups in total. The van der Waals surface area contributed by atoms with Gasteiger partial charge in [-0.1, -0.05) is 11.6 Å². The van der Waals surface area contributed by atoms with E-state index in [1.807, 2.05) is 0 Å². The number of fused-ring (bicyclic) bond motifs is 1. The lowest BCUT2D eigenvalue weighted by atomic mass is 10.1. The number of nitrogens with one attached hydrogen (secondary N) is 1. The molecule has 0 fully saturated rings. The number of ether oxygens (including phenoxy) is 5. The van der Waals surface area contributed by atoms with Crippen LogP contribution in [0.5, 0.6) is 34.5 Å². The molecule has 0 aromatic heterocycles. The molecule has 0 spiro atoms. The number of anilines is 1. The fraction of sp³-hybridized carbons (Fsp3) is 0.174. The van der Waals surface area contributed by atoms with E-state index in [0.717, 1.165) is 12.1 Å². The highest BCUT2D eigenvalue weighted by Crippen LogP contribution is 2.44. The van der Waals surface area contributed by atoms with Gasteiger partial charge in [-0.05, 0) is 36.4 Å². The van der Waals surface area contributed by atoms with Gasteiger partial charge in [-0.2, -0.15) is 0 Å². The van der Waals surface area contributed by atoms with Crippen LogP contribution in [0.25, 0.3) is 0 Å². The molecule has 0 atom stereocenters. The van der Waals surface area contributed by atoms with Crippen LogP contribution in [0, 0.1) is 0 Å². The van der Waals surface area contributed by atoms with E-state index >= 15 is 0 Å². The monoisotopic (exact) mass is 537 g/mol. The third kappa shape index (κ3) is 5.35. The molecule has 190 valence electrons. The quantitative estimate of drug-likeness (QED) is 0.349. The maximum absolute atomic E-state index is 13.2. The number of aromatic carboxylic acids is 1. The molecule has 11 nitrogen and oxygen atoms in total. The zero-order valence-electron chi connectivity index (χ0n) is 18.7. The Morgan fingerprint density at radius 3 is 2.58 bits per heavy atom. The predicted molar refractivity (Wildman–Crippen MR) is 127 cm³/mol. The summed E-state index contributed by atoms with van der Waals surface area (Å²) in [5.74, 6) is -0.576. The Morgan fingerprint density at radius 1 is 1.08 bits per heavy atom. The number of sulfonamides is 1. The first-order chi connectivity index (χ1) is 17.2. The van der Waals surface area contributed by atoms with Crippen LogP contribution < -0.4 is 28.4 Å². The molecule has 0 unspecified atom stereocenters. The molecule has 0 bridgehead atoms. The third-order valence-electron chi connectivity index (χ3n) is 4.90. The van der Waals surface area contributed by atoms with Crippen molar-refractivity contribution in [2.24, 2.45) is 0 Å². The fourth-order valence-electron chi connectivity index (χ4n) is 3.22. The Balaban J connectivity index is 1.82. The number of hydrogen-bond acceptors (Lipinski definition) is 9. The van der Waals surface area contributed by atoms with Crippen molar-refractivity contribution in [2.75, 3.05) is 31.8 Å². The van der Waals surface area contributed by atoms with Crippen LogP contribution in [0.3, 0.4) is 0 Å². The first kappa shape index (κ1) is 25.2. The van der Waals surface area contributed by atoms with Gasteiger partial charge < -0.3 is 33.9 Å². The van der Waals surface area contributed by atoms with Gasteiger partial charge in [-0.25, -0.2) is 13.2 Å². The molecule has 1 heterocycles. The van der Waals surface area contributed by atoms with Crippen LogP contribution in [-0.2, 0) is 10.0 Å². The highest BCUT2D eigenvalue weighted by molar-refractivity contribution is 7.92. The van der Waals surface area contributed by atoms with Gasteiger partial charge in [-0.15, -0.1) is 0 Å². The van der Waals surface area contributed by atoms with Crippen LogP contribution in [-0.4, -0.2) is 51.7 Å². The number of hydrogen-bond donors (Lipinski definition) is 3. The summed E-state index contributed by atoms with van der Waals surface area (Å²) in [6, 6.07) is 10.8. The minimum atomic E-state index is -4.27. The van der Waals surface area contributed by atoms with Crippen molar-refractivity contribution >= 4 is 33.3 Å². The topological polar surface area (TPSA) is 150 Å². The van der Waals surface area contributed by atoms with Crippen molar-refractivity contribution in [1.82, 2.24) is 0 Å². The number of carboxylic acid groups (broad SMARTS) is 1. The predicted octanol–water partition coefficient (Wildman–Crippen LogP) is 3.74. The van der Waals surface area contributed by atoms with Crippen molar-refractivity contribution < 1.29 is 47.1 Å². The summed E-state index contributed by atoms with van der Waals surface area (Å²) < 4.78 is 55.9. The lowest BCUT2D eigenvalue weighted by molar-refractivity contribution is 0.0696. The van der Waals surface area contributed by atoms with Crippen molar-refractivity contribution in [3.63, 3.8) is 0 Å². The second kappa shape index (κ2) is 10.4. The summed E-state index contributed by atoms with van der Waals surface area (Å²) in [7, 11) is -2.83. The largest absolute Gasteiger partial charge is 0.497 e. The lowest BCUT2D eigenvalue weighted by Gasteiger charge is -2.19. The summed E-state index contributed by atoms with van der Waals surface area (Å²) in [5, 5.41) is 19.0. The van der Waals surface area contributed by atoms with E-state index in [9.17, 15) is 23.4 Å². The van der Waals surface area contributed by atoms with E-state index in [4.69, 9.17) is 35.3 Å². The number of carbonyl (C=O) groups is 1. The molecular formula is C23H20ClNO10S. The molecule has 36 heavy (non-hydrogen) atoms. The molecule has 0 aliphatic carbocycles. The van der Waals surface area contributed by atoms with E-state index in [2.05, 4.69) is 4.72 Å². The minimum absolute atomic E-state index is 0.0439. The molecule has 0 saturated carbocycles. The summed E-state index contributed by atoms with van der Waals surface area (Å²) >= 11 is 6.26. The van der Waals surface area contributed by atoms with Crippen molar-refractivity contribution in [1.29, 1.82) is 0 Å². The Bertz CT molecular complexity index is 1410. The molecule has 3 aromatic carbocycles. The molecule has 0 radical (unpaired) electrons. The molecular weight excluding hydrogens is 518 g/mol. The Hall–Kier alpha value is -3.87. The van der Waals surface area contributed by atoms with E-state index < -0.39 is 22.6 Å². The molecule has 1 aliphatic heterocycles. The van der Waals surface area contributed by atoms with Gasteiger partial charge in [0.2, 0.25) is 6.79 Å². The second-order valence-electron chi connectivity index (χ2n) is 7.25. The first-order valence-electron chi connectivity index (χ1n) is 10.3. The van der Waals surface area contributed by atoms with E-state index in [0.29, 0.717) is 11.5 Å². The summed E-state index contributed by atoms with van der Waals surface area (Å²) in [5.41, 5.74) is -0.546. The summed E-state index contributed by atoms with van der Waals surface area (Å²) in [6.07, 6.45) is 0. The molecule has 4 rings (SSSR count). The van der Waals surface area contributed by atoms with E-state index in [-0.39, 0.29) is 57.6 Å². The highest BCUT2D eigenvalue weighted by Gasteiger charge is 2.25. The Morgan fingerprint density at radius 2 is 1.86 bits per heavy atom. The lowest BCUT2D eigenvalue weighted by Crippen LogP contribution is -2.15. The SMILES string of the molecule is COc1ccc(Cl)c(Oc2c(NS(=O)(=O)c3ccc4c(c3)OCO4)cc(C(=O)O)cc2OCCO)c1. The van der Waals surface area contributed by atoms with Gasteiger partial charge in [0.05, 0.1) is 34.9 Å². The van der Waals surface area contributed by atoms with Gasteiger partial charge in [0.15, 0.2) is 23.0 Å². The zero-order chi connectivity index (χ0) is 25.9. The zero-order valence-corrected chi connectivity index (χ0v) is 20.3. The Kier molecular flexibility index (Phi) is 7.29. The molecule has 3 aromatic rings. The number of aliphatic hydroxyl groups excluding tert-OH is 1. The maximum Gasteiger partial charge on any atom is 0.335 e. The van der Waals surface area contributed by atoms with Gasteiger partial charge in [0.25, 0.3) is 10.0 Å². The number of halogens is 1. The van der Waals surface area contributed by atoms with Crippen molar-refractivity contribution in [3.8, 4) is 34.5 Å². The fourth-order valence-corrected chi connectivity index (χ4v) is 4.44. The van der Waals surface area contributed by atoms with Gasteiger partial charge >= 0.3 is 5.97 Å². The average molecular weight is 538 g/mol. The first-order valence-corrected chi connectivity index (χ1v) is 12.2. The van der Waals surface area contributed by atoms with E-state index in [1.54, 1.807) is 6.07 Å². The molecule has 0 saturated heterocycles. The summed E-state index contributed by atoms with van der Waals surface area (Å²) in [6.45, 7) is -0.660. The van der Waals surface area contributed by atoms with Gasteiger partial charge in [-0.3, -0.25) is 4.72 Å². The van der Waals surface area contributed by atoms with E-state index in [1.165, 1.54) is 37.4 Å². The molecule has 1 aliphatic rings. The normalized spacial score (nSPS) is 12.2. The highest BCUT2D eigenvalue weighted by atomic mass is 35.5. The van der Waals surface area contributed by atoms with Crippen LogP contribution in [0.4, 0.5) is 5.69 Å². The molecule has 13 heteroatoms. The summed E-state index contributed by atoms with van der Waals surface area (Å²) in [4.78, 5) is 11.6. The standard InChI is InChI=1S/C23H20ClNO10S/c1-31-14-2-4-16(24)19(10-14)35-22-17(8-13(23(27)28)9-21(22)32-7-6-26)25-36(29,30)15-3-5-18-20(11-15)34-12-33-18/h2-5,8-11,25-26H,6-7,12H2,1H3,(H,27,28). The van der Waals surface area contributed by atoms with Crippen LogP contribution in [0.1, 0.15) is 10.4 Å². The molecule has 0 amide bonds. The second-order valence-corrected chi connectivity index (χ2v) is 9.34. The smallest absolute Gasteiger partial charge is 0.335 e. The third-order valence-corrected chi connectivity index (χ3v) is 6.58. The Labute approximate surface area is 210 Å². The van der Waals surface area contributed by atoms with Crippen LogP contribution >= 0.6 is 11.6 Å². The minimum Gasteiger partial charge on any atom is -0.497 e. The van der Waals surface area contributed by atoms with Crippen LogP contribution in [0.15, 0.2) is 53.4 Å². The van der Waals surface area contributed by atoms with Gasteiger partial charge in [0, 0.05) is 12.1 Å². The number of benzene rings is 3. The van der Waals surface area contributed by atoms with Crippen molar-refractivity contribution in [2.45, 2.75) is 4.90 Å². The average Bonchev–Trinajstić information content (AvgIpc) is 3.33. The number of carboxylic acids is 1. The maximum atomic E-state index is 13.2. The van der Waals surface area contributed by atoms with Gasteiger partial charge in [0.1, 0.15) is 18.1 Å². The number of rotatable bonds is 10. The van der Waals surface area contributed by atoms with Crippen LogP contribution in [0.2, 0.25) is 5.02 Å². The number of aliphatic hydroxyl groups is 1. The van der Waals surface area contributed by atoms with Crippen molar-refractivity contribution in [3.05, 3.63) is 59.1 Å².